The fourth-order valence-corrected chi connectivity index (χ4v) is 2.43. The summed E-state index contributed by atoms with van der Waals surface area (Å²) in [6.07, 6.45) is 0. The predicted molar refractivity (Wildman–Crippen MR) is 87.6 cm³/mol. The molecule has 0 aromatic heterocycles. The van der Waals surface area contributed by atoms with Crippen molar-refractivity contribution in [3.63, 3.8) is 0 Å². The van der Waals surface area contributed by atoms with Crippen LogP contribution < -0.4 is 11.1 Å². The minimum atomic E-state index is -1.07. The molecule has 2 aromatic rings. The van der Waals surface area contributed by atoms with Crippen LogP contribution in [-0.2, 0) is 0 Å². The molecule has 0 radical (unpaired) electrons. The molecule has 0 aliphatic rings. The largest absolute Gasteiger partial charge is 0.478 e. The maximum atomic E-state index is 12.3. The number of halogens is 2. The lowest BCUT2D eigenvalue weighted by Crippen LogP contribution is -2.14. The quantitative estimate of drug-likeness (QED) is 0.668. The third-order valence-corrected chi connectivity index (χ3v) is 4.08. The zero-order chi connectivity index (χ0) is 15.6. The van der Waals surface area contributed by atoms with Gasteiger partial charge in [0.15, 0.2) is 0 Å². The number of rotatable bonds is 3. The molecule has 0 atom stereocenters. The minimum absolute atomic E-state index is 0.0835. The van der Waals surface area contributed by atoms with Gasteiger partial charge in [-0.05, 0) is 68.3 Å². The van der Waals surface area contributed by atoms with Gasteiger partial charge in [0.2, 0.25) is 0 Å². The van der Waals surface area contributed by atoms with Gasteiger partial charge in [0.1, 0.15) is 0 Å². The molecule has 0 unspecified atom stereocenters. The molecule has 2 rings (SSSR count). The molecule has 0 saturated carbocycles. The Kier molecular flexibility index (Phi) is 4.64. The van der Waals surface area contributed by atoms with Crippen molar-refractivity contribution in [3.8, 4) is 0 Å². The number of hydrogen-bond acceptors (Lipinski definition) is 3. The maximum Gasteiger partial charge on any atom is 0.335 e. The lowest BCUT2D eigenvalue weighted by molar-refractivity contribution is 0.0696. The zero-order valence-corrected chi connectivity index (χ0v) is 13.7. The normalized spacial score (nSPS) is 10.2. The molecule has 2 aromatic carbocycles. The van der Waals surface area contributed by atoms with Crippen LogP contribution >= 0.6 is 31.9 Å². The Hall–Kier alpha value is -1.86. The summed E-state index contributed by atoms with van der Waals surface area (Å²) >= 11 is 6.55. The third-order valence-electron chi connectivity index (χ3n) is 2.70. The summed E-state index contributed by atoms with van der Waals surface area (Å²) in [4.78, 5) is 23.2. The Morgan fingerprint density at radius 1 is 1.05 bits per heavy atom. The van der Waals surface area contributed by atoms with Gasteiger partial charge in [-0.15, -0.1) is 0 Å². The lowest BCUT2D eigenvalue weighted by atomic mass is 10.1. The molecule has 0 saturated heterocycles. The molecule has 0 spiro atoms. The van der Waals surface area contributed by atoms with Crippen molar-refractivity contribution in [2.75, 3.05) is 11.1 Å². The molecular formula is C14H10Br2N2O3. The van der Waals surface area contributed by atoms with Crippen LogP contribution in [0, 0.1) is 0 Å². The Labute approximate surface area is 137 Å². The summed E-state index contributed by atoms with van der Waals surface area (Å²) in [6.45, 7) is 0. The molecule has 0 aliphatic heterocycles. The first-order valence-electron chi connectivity index (χ1n) is 5.77. The number of carboxylic acids is 1. The summed E-state index contributed by atoms with van der Waals surface area (Å²) in [5.74, 6) is -1.46. The minimum Gasteiger partial charge on any atom is -0.478 e. The molecular weight excluding hydrogens is 404 g/mol. The van der Waals surface area contributed by atoms with Crippen molar-refractivity contribution in [2.24, 2.45) is 0 Å². The van der Waals surface area contributed by atoms with Crippen molar-refractivity contribution in [1.82, 2.24) is 0 Å². The number of nitrogen functional groups attached to an aromatic ring is 1. The Balaban J connectivity index is 2.33. The second kappa shape index (κ2) is 6.28. The van der Waals surface area contributed by atoms with Crippen LogP contribution in [0.2, 0.25) is 0 Å². The second-order valence-corrected chi connectivity index (χ2v) is 5.90. The van der Waals surface area contributed by atoms with E-state index in [1.54, 1.807) is 18.2 Å². The monoisotopic (exact) mass is 412 g/mol. The second-order valence-electron chi connectivity index (χ2n) is 4.19. The predicted octanol–water partition coefficient (Wildman–Crippen LogP) is 3.74. The number of anilines is 2. The van der Waals surface area contributed by atoms with Gasteiger partial charge in [0.05, 0.1) is 16.8 Å². The van der Waals surface area contributed by atoms with Gasteiger partial charge < -0.3 is 16.2 Å². The van der Waals surface area contributed by atoms with Gasteiger partial charge in [0, 0.05) is 14.6 Å². The Bertz CT molecular complexity index is 732. The molecule has 0 heterocycles. The van der Waals surface area contributed by atoms with Crippen LogP contribution in [-0.4, -0.2) is 17.0 Å². The first kappa shape index (κ1) is 15.5. The number of carbonyl (C=O) groups is 2. The fraction of sp³-hybridized carbons (Fsp3) is 0. The number of carboxylic acid groups (broad SMARTS) is 1. The van der Waals surface area contributed by atoms with Gasteiger partial charge in [-0.25, -0.2) is 4.79 Å². The van der Waals surface area contributed by atoms with Crippen LogP contribution in [0.4, 0.5) is 11.4 Å². The summed E-state index contributed by atoms with van der Waals surface area (Å²) in [5.41, 5.74) is 6.94. The average molecular weight is 414 g/mol. The number of amides is 1. The molecule has 1 amide bonds. The number of hydrogen-bond donors (Lipinski definition) is 3. The molecule has 5 nitrogen and oxygen atoms in total. The number of nitrogens with one attached hydrogen (secondary N) is 1. The summed E-state index contributed by atoms with van der Waals surface area (Å²) in [5, 5.41) is 11.6. The van der Waals surface area contributed by atoms with Crippen molar-refractivity contribution >= 4 is 55.1 Å². The highest BCUT2D eigenvalue weighted by Crippen LogP contribution is 2.26. The number of aromatic carboxylic acids is 1. The van der Waals surface area contributed by atoms with E-state index in [9.17, 15) is 9.59 Å². The van der Waals surface area contributed by atoms with Crippen LogP contribution in [0.1, 0.15) is 20.7 Å². The van der Waals surface area contributed by atoms with E-state index in [0.717, 1.165) is 0 Å². The Morgan fingerprint density at radius 3 is 2.38 bits per heavy atom. The third kappa shape index (κ3) is 3.62. The molecule has 7 heteroatoms. The highest BCUT2D eigenvalue weighted by Gasteiger charge is 2.14. The van der Waals surface area contributed by atoms with E-state index in [4.69, 9.17) is 10.8 Å². The van der Waals surface area contributed by atoms with Crippen LogP contribution in [0.5, 0.6) is 0 Å². The van der Waals surface area contributed by atoms with E-state index in [0.29, 0.717) is 25.9 Å². The molecule has 0 aliphatic carbocycles. The zero-order valence-electron chi connectivity index (χ0n) is 10.6. The summed E-state index contributed by atoms with van der Waals surface area (Å²) in [7, 11) is 0. The van der Waals surface area contributed by atoms with Gasteiger partial charge >= 0.3 is 5.97 Å². The van der Waals surface area contributed by atoms with Gasteiger partial charge in [-0.2, -0.15) is 0 Å². The number of benzene rings is 2. The maximum absolute atomic E-state index is 12.3. The number of carbonyl (C=O) groups excluding carboxylic acids is 1. The molecule has 4 N–H and O–H groups in total. The molecule has 21 heavy (non-hydrogen) atoms. The van der Waals surface area contributed by atoms with Crippen molar-refractivity contribution in [3.05, 3.63) is 56.5 Å². The Morgan fingerprint density at radius 2 is 1.71 bits per heavy atom. The van der Waals surface area contributed by atoms with Gasteiger partial charge in [-0.1, -0.05) is 0 Å². The average Bonchev–Trinajstić information content (AvgIpc) is 2.43. The van der Waals surface area contributed by atoms with Crippen LogP contribution in [0.3, 0.4) is 0 Å². The van der Waals surface area contributed by atoms with E-state index in [1.165, 1.54) is 18.2 Å². The van der Waals surface area contributed by atoms with Crippen LogP contribution in [0.25, 0.3) is 0 Å². The molecule has 108 valence electrons. The highest BCUT2D eigenvalue weighted by molar-refractivity contribution is 9.11. The summed E-state index contributed by atoms with van der Waals surface area (Å²) < 4.78 is 1.18. The molecule has 0 fully saturated rings. The van der Waals surface area contributed by atoms with E-state index >= 15 is 0 Å². The smallest absolute Gasteiger partial charge is 0.335 e. The standard InChI is InChI=1S/C14H10Br2N2O3/c15-10-4-2-8(17)6-9(10)13(19)18-12-5-7(14(20)21)1-3-11(12)16/h1-6H,17H2,(H,18,19)(H,20,21). The van der Waals surface area contributed by atoms with Crippen molar-refractivity contribution in [2.45, 2.75) is 0 Å². The fourth-order valence-electron chi connectivity index (χ4n) is 1.66. The molecule has 0 bridgehead atoms. The van der Waals surface area contributed by atoms with Crippen molar-refractivity contribution < 1.29 is 14.7 Å². The SMILES string of the molecule is Nc1ccc(Br)c(C(=O)Nc2cc(C(=O)O)ccc2Br)c1. The highest BCUT2D eigenvalue weighted by atomic mass is 79.9. The first-order valence-corrected chi connectivity index (χ1v) is 7.36. The summed E-state index contributed by atoms with van der Waals surface area (Å²) in [6, 6.07) is 9.26. The number of nitrogens with two attached hydrogens (primary N) is 1. The van der Waals surface area contributed by atoms with E-state index in [-0.39, 0.29) is 5.56 Å². The lowest BCUT2D eigenvalue weighted by Gasteiger charge is -2.10. The van der Waals surface area contributed by atoms with E-state index in [2.05, 4.69) is 37.2 Å². The van der Waals surface area contributed by atoms with E-state index in [1.807, 2.05) is 0 Å². The first-order chi connectivity index (χ1) is 9.88. The van der Waals surface area contributed by atoms with E-state index < -0.39 is 11.9 Å². The van der Waals surface area contributed by atoms with Crippen LogP contribution in [0.15, 0.2) is 45.3 Å². The van der Waals surface area contributed by atoms with Gasteiger partial charge in [-0.3, -0.25) is 4.79 Å². The van der Waals surface area contributed by atoms with Crippen molar-refractivity contribution in [1.29, 1.82) is 0 Å². The van der Waals surface area contributed by atoms with Gasteiger partial charge in [0.25, 0.3) is 5.91 Å². The topological polar surface area (TPSA) is 92.4 Å².